The molecule has 0 saturated heterocycles. The zero-order valence-electron chi connectivity index (χ0n) is 16.2. The molecule has 0 spiro atoms. The van der Waals surface area contributed by atoms with Crippen molar-refractivity contribution >= 4 is 17.3 Å². The summed E-state index contributed by atoms with van der Waals surface area (Å²) < 4.78 is 1.96. The summed E-state index contributed by atoms with van der Waals surface area (Å²) in [6.45, 7) is 7.91. The third-order valence-corrected chi connectivity index (χ3v) is 5.69. The first-order chi connectivity index (χ1) is 13.0. The molecule has 0 saturated carbocycles. The fraction of sp³-hybridized carbons (Fsp3) is 0.350. The third-order valence-electron chi connectivity index (χ3n) is 4.45. The Morgan fingerprint density at radius 3 is 2.67 bits per heavy atom. The zero-order chi connectivity index (χ0) is 19.3. The molecule has 2 N–H and O–H groups in total. The van der Waals surface area contributed by atoms with E-state index in [4.69, 9.17) is 0 Å². The van der Waals surface area contributed by atoms with Gasteiger partial charge in [-0.25, -0.2) is 9.97 Å². The highest BCUT2D eigenvalue weighted by molar-refractivity contribution is 7.10. The molecular formula is C20H26N6S. The maximum Gasteiger partial charge on any atom is 0.191 e. The molecule has 3 heterocycles. The maximum absolute atomic E-state index is 4.53. The highest BCUT2D eigenvalue weighted by atomic mass is 32.1. The van der Waals surface area contributed by atoms with E-state index in [0.29, 0.717) is 6.54 Å². The van der Waals surface area contributed by atoms with E-state index in [1.807, 2.05) is 30.0 Å². The number of nitrogens with zero attached hydrogens (tertiary/aromatic N) is 4. The van der Waals surface area contributed by atoms with Crippen LogP contribution in [-0.4, -0.2) is 34.1 Å². The maximum atomic E-state index is 4.53. The number of imidazole rings is 1. The zero-order valence-corrected chi connectivity index (χ0v) is 17.0. The third kappa shape index (κ3) is 4.74. The van der Waals surface area contributed by atoms with Crippen molar-refractivity contribution in [2.75, 3.05) is 13.6 Å². The van der Waals surface area contributed by atoms with Crippen molar-refractivity contribution in [3.05, 3.63) is 64.5 Å². The summed E-state index contributed by atoms with van der Waals surface area (Å²) in [6, 6.07) is 8.34. The van der Waals surface area contributed by atoms with Gasteiger partial charge in [0.2, 0.25) is 0 Å². The molecule has 0 amide bonds. The summed E-state index contributed by atoms with van der Waals surface area (Å²) in [6.07, 6.45) is 5.57. The summed E-state index contributed by atoms with van der Waals surface area (Å²) >= 11 is 1.79. The molecule has 0 atom stereocenters. The van der Waals surface area contributed by atoms with Crippen LogP contribution < -0.4 is 10.6 Å². The normalized spacial score (nSPS) is 12.2. The SMILES string of the molecule is CN=C(NCc1ccc(-n2ccnc2C)nc1)NCC(C)(C)c1cccs1. The first-order valence-corrected chi connectivity index (χ1v) is 9.81. The minimum Gasteiger partial charge on any atom is -0.356 e. The Morgan fingerprint density at radius 2 is 2.07 bits per heavy atom. The number of aromatic nitrogens is 3. The smallest absolute Gasteiger partial charge is 0.191 e. The molecule has 0 aliphatic rings. The molecule has 0 aromatic carbocycles. The van der Waals surface area contributed by atoms with Crippen LogP contribution in [0.1, 0.15) is 30.1 Å². The van der Waals surface area contributed by atoms with Gasteiger partial charge in [0.1, 0.15) is 11.6 Å². The van der Waals surface area contributed by atoms with Crippen LogP contribution in [0.3, 0.4) is 0 Å². The van der Waals surface area contributed by atoms with Gasteiger partial charge in [-0.05, 0) is 30.0 Å². The monoisotopic (exact) mass is 382 g/mol. The lowest BCUT2D eigenvalue weighted by Gasteiger charge is -2.25. The molecule has 0 aliphatic carbocycles. The van der Waals surface area contributed by atoms with Crippen LogP contribution in [0.15, 0.2) is 53.2 Å². The van der Waals surface area contributed by atoms with Crippen molar-refractivity contribution in [1.29, 1.82) is 0 Å². The van der Waals surface area contributed by atoms with Gasteiger partial charge in [-0.1, -0.05) is 26.0 Å². The van der Waals surface area contributed by atoms with E-state index in [1.54, 1.807) is 24.6 Å². The summed E-state index contributed by atoms with van der Waals surface area (Å²) in [5.41, 5.74) is 1.15. The van der Waals surface area contributed by atoms with Crippen molar-refractivity contribution in [3.8, 4) is 5.82 Å². The number of guanidine groups is 1. The van der Waals surface area contributed by atoms with Crippen LogP contribution in [0.4, 0.5) is 0 Å². The van der Waals surface area contributed by atoms with Gasteiger partial charge >= 0.3 is 0 Å². The van der Waals surface area contributed by atoms with Crippen LogP contribution in [0, 0.1) is 6.92 Å². The molecule has 0 aliphatic heterocycles. The number of aryl methyl sites for hydroxylation is 1. The van der Waals surface area contributed by atoms with Gasteiger partial charge in [-0.3, -0.25) is 9.56 Å². The van der Waals surface area contributed by atoms with E-state index < -0.39 is 0 Å². The Balaban J connectivity index is 1.54. The number of nitrogens with one attached hydrogen (secondary N) is 2. The first-order valence-electron chi connectivity index (χ1n) is 8.93. The van der Waals surface area contributed by atoms with E-state index in [-0.39, 0.29) is 5.41 Å². The van der Waals surface area contributed by atoms with Crippen molar-refractivity contribution < 1.29 is 0 Å². The van der Waals surface area contributed by atoms with E-state index in [2.05, 4.69) is 63.0 Å². The van der Waals surface area contributed by atoms with Crippen LogP contribution >= 0.6 is 11.3 Å². The average Bonchev–Trinajstić information content (AvgIpc) is 3.34. The quantitative estimate of drug-likeness (QED) is 0.507. The van der Waals surface area contributed by atoms with Gasteiger partial charge in [0.15, 0.2) is 5.96 Å². The lowest BCUT2D eigenvalue weighted by atomic mass is 9.91. The van der Waals surface area contributed by atoms with Crippen molar-refractivity contribution in [2.45, 2.75) is 32.7 Å². The number of pyridine rings is 1. The molecule has 0 radical (unpaired) electrons. The molecule has 0 bridgehead atoms. The van der Waals surface area contributed by atoms with Gasteiger partial charge in [0.25, 0.3) is 0 Å². The standard InChI is InChI=1S/C20H26N6S/c1-15-22-9-10-26(15)18-8-7-16(12-23-18)13-24-19(21-4)25-14-20(2,3)17-6-5-11-27-17/h5-12H,13-14H2,1-4H3,(H2,21,24,25). The van der Waals surface area contributed by atoms with E-state index in [9.17, 15) is 0 Å². The van der Waals surface area contributed by atoms with Crippen molar-refractivity contribution in [1.82, 2.24) is 25.2 Å². The molecule has 0 unspecified atom stereocenters. The topological polar surface area (TPSA) is 67.1 Å². The Bertz CT molecular complexity index is 878. The lowest BCUT2D eigenvalue weighted by molar-refractivity contribution is 0.518. The van der Waals surface area contributed by atoms with Gasteiger partial charge in [0.05, 0.1) is 0 Å². The first kappa shape index (κ1) is 19.1. The minimum atomic E-state index is 0.0532. The fourth-order valence-corrected chi connectivity index (χ4v) is 3.60. The Labute approximate surface area is 164 Å². The lowest BCUT2D eigenvalue weighted by Crippen LogP contribution is -2.42. The van der Waals surface area contributed by atoms with E-state index in [0.717, 1.165) is 29.7 Å². The summed E-state index contributed by atoms with van der Waals surface area (Å²) in [5.74, 6) is 2.58. The van der Waals surface area contributed by atoms with Gasteiger partial charge in [0, 0.05) is 49.0 Å². The summed E-state index contributed by atoms with van der Waals surface area (Å²) in [4.78, 5) is 14.4. The van der Waals surface area contributed by atoms with Gasteiger partial charge in [-0.2, -0.15) is 0 Å². The average molecular weight is 383 g/mol. The summed E-state index contributed by atoms with van der Waals surface area (Å²) in [7, 11) is 1.79. The van der Waals surface area contributed by atoms with Gasteiger partial charge in [-0.15, -0.1) is 11.3 Å². The number of rotatable bonds is 6. The number of hydrogen-bond donors (Lipinski definition) is 2. The second kappa shape index (κ2) is 8.35. The van der Waals surface area contributed by atoms with Crippen LogP contribution in [0.5, 0.6) is 0 Å². The Morgan fingerprint density at radius 1 is 1.22 bits per heavy atom. The molecule has 7 heteroatoms. The highest BCUT2D eigenvalue weighted by Gasteiger charge is 2.21. The molecule has 0 fully saturated rings. The molecular weight excluding hydrogens is 356 g/mol. The van der Waals surface area contributed by atoms with E-state index >= 15 is 0 Å². The largest absolute Gasteiger partial charge is 0.356 e. The van der Waals surface area contributed by atoms with Crippen LogP contribution in [0.2, 0.25) is 0 Å². The number of aliphatic imine (C=N–C) groups is 1. The molecule has 3 rings (SSSR count). The van der Waals surface area contributed by atoms with Crippen LogP contribution in [0.25, 0.3) is 5.82 Å². The number of hydrogen-bond acceptors (Lipinski definition) is 4. The molecule has 142 valence electrons. The molecule has 27 heavy (non-hydrogen) atoms. The van der Waals surface area contributed by atoms with E-state index in [1.165, 1.54) is 4.88 Å². The minimum absolute atomic E-state index is 0.0532. The Kier molecular flexibility index (Phi) is 5.91. The molecule has 3 aromatic heterocycles. The fourth-order valence-electron chi connectivity index (χ4n) is 2.75. The summed E-state index contributed by atoms with van der Waals surface area (Å²) in [5, 5.41) is 8.89. The van der Waals surface area contributed by atoms with Crippen molar-refractivity contribution in [2.24, 2.45) is 4.99 Å². The van der Waals surface area contributed by atoms with Crippen molar-refractivity contribution in [3.63, 3.8) is 0 Å². The Hall–Kier alpha value is -2.67. The van der Waals surface area contributed by atoms with Gasteiger partial charge < -0.3 is 10.6 Å². The number of thiophene rings is 1. The molecule has 6 nitrogen and oxygen atoms in total. The predicted molar refractivity (Wildman–Crippen MR) is 112 cm³/mol. The predicted octanol–water partition coefficient (Wildman–Crippen LogP) is 3.28. The highest BCUT2D eigenvalue weighted by Crippen LogP contribution is 2.26. The second-order valence-corrected chi connectivity index (χ2v) is 7.96. The second-order valence-electron chi connectivity index (χ2n) is 7.01. The van der Waals surface area contributed by atoms with Crippen LogP contribution in [-0.2, 0) is 12.0 Å². The molecule has 3 aromatic rings.